The molecule has 410 valence electrons. The number of ketones is 4. The monoisotopic (exact) mass is 1180 g/mol. The van der Waals surface area contributed by atoms with Crippen LogP contribution in [0, 0.1) is 11.8 Å². The van der Waals surface area contributed by atoms with Crippen molar-refractivity contribution in [3.8, 4) is 19.5 Å². The van der Waals surface area contributed by atoms with Gasteiger partial charge >= 0.3 is 23.9 Å². The Hall–Kier alpha value is -9.32. The topological polar surface area (TPSA) is 173 Å². The summed E-state index contributed by atoms with van der Waals surface area (Å²) in [5, 5.41) is 0. The molecule has 84 heavy (non-hydrogen) atoms. The maximum atomic E-state index is 15.9. The van der Waals surface area contributed by atoms with Crippen molar-refractivity contribution in [2.24, 2.45) is 11.8 Å². The van der Waals surface area contributed by atoms with Gasteiger partial charge in [-0.1, -0.05) is 170 Å². The Morgan fingerprint density at radius 3 is 1.23 bits per heavy atom. The molecule has 9 aromatic rings. The molecular formula is C68H42O12S4. The zero-order valence-corrected chi connectivity index (χ0v) is 47.3. The first-order chi connectivity index (χ1) is 41.0. The SMILES string of the molecule is O=C1C(=O)c2ccccc2/C1=C/c1cc2c(s1)-c1sc3c4c(sc3c1C2(C(=O)OCc1ccccc1)C(=O)OCc1ccccc1)-c1sc(/C=C2\C(=O)C(=O)C3C=CC=CC23)cc1C4(C(=O)OCc1ccccc1)C(=O)OCc1ccccc1. The summed E-state index contributed by atoms with van der Waals surface area (Å²) in [6.45, 7) is -0.927. The fourth-order valence-corrected chi connectivity index (χ4v) is 17.6. The highest BCUT2D eigenvalue weighted by Crippen LogP contribution is 2.67. The van der Waals surface area contributed by atoms with E-state index >= 15 is 19.2 Å². The number of hydrogen-bond donors (Lipinski definition) is 0. The lowest BCUT2D eigenvalue weighted by Crippen LogP contribution is -2.46. The van der Waals surface area contributed by atoms with Gasteiger partial charge in [0.2, 0.25) is 34.0 Å². The summed E-state index contributed by atoms with van der Waals surface area (Å²) >= 11 is 4.78. The van der Waals surface area contributed by atoms with E-state index in [0.29, 0.717) is 66.5 Å². The van der Waals surface area contributed by atoms with Gasteiger partial charge in [-0.2, -0.15) is 0 Å². The first kappa shape index (κ1) is 52.7. The summed E-state index contributed by atoms with van der Waals surface area (Å²) in [4.78, 5) is 121. The summed E-state index contributed by atoms with van der Waals surface area (Å²) in [7, 11) is 0. The van der Waals surface area contributed by atoms with Gasteiger partial charge in [-0.15, -0.1) is 45.3 Å². The number of Topliss-reactive ketones (excluding diaryl/α,β-unsaturated/α-hetero) is 4. The van der Waals surface area contributed by atoms with Crippen LogP contribution >= 0.6 is 45.3 Å². The molecule has 0 spiro atoms. The second-order valence-corrected chi connectivity index (χ2v) is 24.9. The van der Waals surface area contributed by atoms with Crippen LogP contribution in [0.1, 0.15) is 70.2 Å². The van der Waals surface area contributed by atoms with Crippen molar-refractivity contribution in [3.05, 3.63) is 253 Å². The number of rotatable bonds is 14. The minimum Gasteiger partial charge on any atom is -0.459 e. The van der Waals surface area contributed by atoms with Gasteiger partial charge in [0.1, 0.15) is 26.4 Å². The second kappa shape index (κ2) is 20.8. The molecule has 5 aliphatic rings. The Balaban J connectivity index is 1.01. The Bertz CT molecular complexity index is 4330. The highest BCUT2D eigenvalue weighted by atomic mass is 32.1. The molecule has 1 saturated carbocycles. The largest absolute Gasteiger partial charge is 0.459 e. The lowest BCUT2D eigenvalue weighted by Gasteiger charge is -2.27. The minimum atomic E-state index is -2.36. The molecule has 5 aromatic carbocycles. The zero-order valence-electron chi connectivity index (χ0n) is 44.0. The fourth-order valence-electron chi connectivity index (χ4n) is 11.9. The van der Waals surface area contributed by atoms with Crippen LogP contribution in [0.2, 0.25) is 0 Å². The molecule has 12 nitrogen and oxygen atoms in total. The fraction of sp³-hybridized carbons (Fsp3) is 0.118. The molecule has 0 bridgehead atoms. The van der Waals surface area contributed by atoms with Crippen LogP contribution in [0.25, 0.3) is 46.6 Å². The van der Waals surface area contributed by atoms with E-state index in [-0.39, 0.29) is 65.4 Å². The summed E-state index contributed by atoms with van der Waals surface area (Å²) in [5.41, 5.74) is -0.138. The predicted molar refractivity (Wildman–Crippen MR) is 320 cm³/mol. The third-order valence-corrected chi connectivity index (χ3v) is 20.9. The number of carbonyl (C=O) groups excluding carboxylic acids is 8. The first-order valence-electron chi connectivity index (χ1n) is 26.8. The number of ether oxygens (including phenoxy) is 4. The molecule has 0 radical (unpaired) electrons. The van der Waals surface area contributed by atoms with E-state index < -0.39 is 69.7 Å². The lowest BCUT2D eigenvalue weighted by molar-refractivity contribution is -0.166. The van der Waals surface area contributed by atoms with Gasteiger partial charge in [0.15, 0.2) is 0 Å². The van der Waals surface area contributed by atoms with Crippen molar-refractivity contribution >= 4 is 119 Å². The smallest absolute Gasteiger partial charge is 0.333 e. The number of allylic oxidation sites excluding steroid dienone is 6. The van der Waals surface area contributed by atoms with Crippen molar-refractivity contribution in [3.63, 3.8) is 0 Å². The van der Waals surface area contributed by atoms with E-state index in [9.17, 15) is 19.2 Å². The van der Waals surface area contributed by atoms with Crippen LogP contribution in [0.3, 0.4) is 0 Å². The molecule has 4 aromatic heterocycles. The van der Waals surface area contributed by atoms with Crippen molar-refractivity contribution in [2.45, 2.75) is 37.3 Å². The number of fused-ring (bicyclic) bond motifs is 11. The van der Waals surface area contributed by atoms with Crippen LogP contribution in [0.15, 0.2) is 188 Å². The van der Waals surface area contributed by atoms with Gasteiger partial charge in [0.05, 0.1) is 34.8 Å². The second-order valence-electron chi connectivity index (χ2n) is 20.7. The molecule has 5 aliphatic carbocycles. The third kappa shape index (κ3) is 8.26. The molecule has 0 aliphatic heterocycles. The van der Waals surface area contributed by atoms with E-state index in [4.69, 9.17) is 18.9 Å². The molecule has 2 unspecified atom stereocenters. The van der Waals surface area contributed by atoms with Gasteiger partial charge < -0.3 is 18.9 Å². The summed E-state index contributed by atoms with van der Waals surface area (Å²) < 4.78 is 26.0. The average molecular weight is 1180 g/mol. The Morgan fingerprint density at radius 1 is 0.417 bits per heavy atom. The lowest BCUT2D eigenvalue weighted by atomic mass is 9.77. The van der Waals surface area contributed by atoms with Crippen LogP contribution in [0.4, 0.5) is 0 Å². The number of hydrogen-bond acceptors (Lipinski definition) is 16. The summed E-state index contributed by atoms with van der Waals surface area (Å²) in [5.74, 6) is -7.56. The maximum absolute atomic E-state index is 15.9. The zero-order chi connectivity index (χ0) is 57.4. The highest BCUT2D eigenvalue weighted by molar-refractivity contribution is 7.34. The molecule has 0 N–H and O–H groups in total. The van der Waals surface area contributed by atoms with Crippen molar-refractivity contribution in [1.29, 1.82) is 0 Å². The standard InChI is InChI=1S/C68H42O12S4/c69-53-45-27-15-13-25-43(45)47(55(53)71)29-41-31-49-57(81-41)59-51(67(49,63(73)77-33-37-17-5-1-6-18-37)64(74)78-34-38-19-7-2-8-20-38)61-62(83-59)52-60(84-61)58-50(32-42(82-58)30-48-44-26-14-16-28-46(44)54(70)56(48)72)68(52,65(75)79-35-39-21-9-3-10-22-39)66(76)80-36-40-23-11-4-12-24-40/h1-32,43,45H,33-36H2/b47-29-,48-30-. The van der Waals surface area contributed by atoms with E-state index in [1.807, 2.05) is 30.3 Å². The molecule has 2 atom stereocenters. The third-order valence-electron chi connectivity index (χ3n) is 15.9. The molecule has 16 heteroatoms. The number of carbonyl (C=O) groups is 8. The quantitative estimate of drug-likeness (QED) is 0.0332. The first-order valence-corrected chi connectivity index (χ1v) is 30.0. The van der Waals surface area contributed by atoms with E-state index in [0.717, 1.165) is 0 Å². The van der Waals surface area contributed by atoms with Crippen molar-refractivity contribution in [1.82, 2.24) is 0 Å². The number of thiophene rings is 4. The van der Waals surface area contributed by atoms with Gasteiger partial charge in [0.25, 0.3) is 0 Å². The minimum absolute atomic E-state index is 0.148. The molecule has 4 heterocycles. The van der Waals surface area contributed by atoms with Gasteiger partial charge in [-0.3, -0.25) is 38.4 Å². The van der Waals surface area contributed by atoms with Gasteiger partial charge in [0, 0.05) is 54.6 Å². The van der Waals surface area contributed by atoms with E-state index in [1.54, 1.807) is 164 Å². The van der Waals surface area contributed by atoms with E-state index in [1.165, 1.54) is 45.3 Å². The Morgan fingerprint density at radius 2 is 0.798 bits per heavy atom. The van der Waals surface area contributed by atoms with Crippen LogP contribution in [0.5, 0.6) is 0 Å². The highest BCUT2D eigenvalue weighted by Gasteiger charge is 2.65. The molecule has 14 rings (SSSR count). The van der Waals surface area contributed by atoms with Crippen LogP contribution in [-0.4, -0.2) is 47.0 Å². The maximum Gasteiger partial charge on any atom is 0.333 e. The molecular weight excluding hydrogens is 1140 g/mol. The summed E-state index contributed by atoms with van der Waals surface area (Å²) in [6, 6.07) is 46.1. The van der Waals surface area contributed by atoms with Gasteiger partial charge in [-0.05, 0) is 52.1 Å². The molecule has 0 amide bonds. The Labute approximate surface area is 495 Å². The van der Waals surface area contributed by atoms with E-state index in [2.05, 4.69) is 0 Å². The summed E-state index contributed by atoms with van der Waals surface area (Å²) in [6.07, 6.45) is 10.3. The molecule has 0 saturated heterocycles. The van der Waals surface area contributed by atoms with Crippen LogP contribution in [-0.2, 0) is 89.8 Å². The van der Waals surface area contributed by atoms with Crippen LogP contribution < -0.4 is 0 Å². The van der Waals surface area contributed by atoms with Crippen molar-refractivity contribution < 1.29 is 57.3 Å². The number of benzene rings is 5. The number of esters is 4. The Kier molecular flexibility index (Phi) is 13.1. The normalized spacial score (nSPS) is 18.1. The molecule has 1 fully saturated rings. The average Bonchev–Trinajstić information content (AvgIpc) is 1.52. The predicted octanol–water partition coefficient (Wildman–Crippen LogP) is 12.8. The van der Waals surface area contributed by atoms with Gasteiger partial charge in [-0.25, -0.2) is 0 Å². The van der Waals surface area contributed by atoms with Crippen molar-refractivity contribution in [2.75, 3.05) is 0 Å².